The van der Waals surface area contributed by atoms with E-state index in [4.69, 9.17) is 13.9 Å². The van der Waals surface area contributed by atoms with Crippen molar-refractivity contribution < 1.29 is 18.7 Å². The molecule has 32 heavy (non-hydrogen) atoms. The molecule has 0 saturated carbocycles. The molecular weight excluding hydrogens is 474 g/mol. The van der Waals surface area contributed by atoms with Gasteiger partial charge in [-0.1, -0.05) is 48.2 Å². The minimum absolute atomic E-state index is 0.0903. The normalized spacial score (nSPS) is 15.3. The van der Waals surface area contributed by atoms with Crippen LogP contribution in [0.4, 0.5) is 0 Å². The van der Waals surface area contributed by atoms with Gasteiger partial charge in [-0.3, -0.25) is 9.59 Å². The molecule has 2 heterocycles. The van der Waals surface area contributed by atoms with Crippen LogP contribution < -0.4 is 14.9 Å². The van der Waals surface area contributed by atoms with Gasteiger partial charge in [-0.25, -0.2) is 0 Å². The molecule has 0 saturated heterocycles. The molecule has 0 bridgehead atoms. The summed E-state index contributed by atoms with van der Waals surface area (Å²) in [5.74, 6) is 0.990. The van der Waals surface area contributed by atoms with Crippen LogP contribution in [0.3, 0.4) is 0 Å². The number of carbonyl (C=O) groups excluding carboxylic acids is 1. The molecule has 1 unspecified atom stereocenters. The van der Waals surface area contributed by atoms with Gasteiger partial charge < -0.3 is 18.8 Å². The molecule has 1 aliphatic rings. The van der Waals surface area contributed by atoms with Crippen LogP contribution in [0.5, 0.6) is 11.5 Å². The van der Waals surface area contributed by atoms with Crippen molar-refractivity contribution >= 4 is 32.8 Å². The summed E-state index contributed by atoms with van der Waals surface area (Å²) in [6, 6.07) is 10.2. The minimum atomic E-state index is -0.565. The number of nitrogens with zero attached hydrogens (tertiary/aromatic N) is 1. The predicted octanol–water partition coefficient (Wildman–Crippen LogP) is 5.70. The Morgan fingerprint density at radius 1 is 1.06 bits per heavy atom. The van der Waals surface area contributed by atoms with Gasteiger partial charge in [0.2, 0.25) is 5.76 Å². The van der Waals surface area contributed by atoms with Gasteiger partial charge in [0.1, 0.15) is 5.58 Å². The molecule has 1 aliphatic heterocycles. The average Bonchev–Trinajstić information content (AvgIpc) is 3.05. The highest BCUT2D eigenvalue weighted by Gasteiger charge is 2.41. The topological polar surface area (TPSA) is 69.0 Å². The molecule has 2 aromatic carbocycles. The number of ether oxygens (including phenoxy) is 2. The maximum absolute atomic E-state index is 13.4. The predicted molar refractivity (Wildman–Crippen MR) is 127 cm³/mol. The maximum Gasteiger partial charge on any atom is 0.290 e. The molecule has 0 spiro atoms. The number of methoxy groups -OCH3 is 1. The summed E-state index contributed by atoms with van der Waals surface area (Å²) in [6.45, 7) is 2.79. The Balaban J connectivity index is 1.72. The zero-order valence-corrected chi connectivity index (χ0v) is 20.0. The maximum atomic E-state index is 13.4. The first-order valence-electron chi connectivity index (χ1n) is 10.8. The molecular formula is C25H26BrNO5. The Morgan fingerprint density at radius 2 is 1.88 bits per heavy atom. The van der Waals surface area contributed by atoms with Gasteiger partial charge in [0.25, 0.3) is 5.91 Å². The van der Waals surface area contributed by atoms with Gasteiger partial charge in [-0.2, -0.15) is 0 Å². The highest BCUT2D eigenvalue weighted by Crippen LogP contribution is 2.40. The number of halogens is 1. The Hall–Kier alpha value is -2.80. The monoisotopic (exact) mass is 499 g/mol. The van der Waals surface area contributed by atoms with Crippen LogP contribution in [-0.2, 0) is 0 Å². The van der Waals surface area contributed by atoms with Crippen molar-refractivity contribution in [1.29, 1.82) is 0 Å². The average molecular weight is 500 g/mol. The van der Waals surface area contributed by atoms with Crippen molar-refractivity contribution in [2.24, 2.45) is 0 Å². The lowest BCUT2D eigenvalue weighted by Crippen LogP contribution is -2.25. The molecule has 4 rings (SSSR count). The molecule has 0 fully saturated rings. The van der Waals surface area contributed by atoms with Crippen molar-refractivity contribution in [3.8, 4) is 11.5 Å². The Morgan fingerprint density at radius 3 is 2.62 bits per heavy atom. The van der Waals surface area contributed by atoms with Crippen molar-refractivity contribution in [1.82, 2.24) is 4.90 Å². The van der Waals surface area contributed by atoms with E-state index in [0.29, 0.717) is 34.6 Å². The van der Waals surface area contributed by atoms with E-state index in [0.717, 1.165) is 22.9 Å². The van der Waals surface area contributed by atoms with Gasteiger partial charge >= 0.3 is 0 Å². The second kappa shape index (κ2) is 9.36. The summed E-state index contributed by atoms with van der Waals surface area (Å²) < 4.78 is 18.1. The zero-order valence-electron chi connectivity index (χ0n) is 18.4. The summed E-state index contributed by atoms with van der Waals surface area (Å²) >= 11 is 3.40. The number of carbonyl (C=O) groups is 1. The number of benzene rings is 2. The summed E-state index contributed by atoms with van der Waals surface area (Å²) in [5, 5.41) is 0.435. The molecule has 7 heteroatoms. The van der Waals surface area contributed by atoms with Crippen molar-refractivity contribution in [3.05, 3.63) is 68.0 Å². The van der Waals surface area contributed by atoms with Gasteiger partial charge in [0, 0.05) is 11.5 Å². The summed E-state index contributed by atoms with van der Waals surface area (Å²) in [6.07, 6.45) is 4.47. The zero-order chi connectivity index (χ0) is 22.8. The fourth-order valence-corrected chi connectivity index (χ4v) is 4.50. The molecule has 1 aromatic heterocycles. The van der Waals surface area contributed by atoms with Crippen LogP contribution >= 0.6 is 15.9 Å². The third-order valence-corrected chi connectivity index (χ3v) is 6.31. The summed E-state index contributed by atoms with van der Waals surface area (Å²) in [5.41, 5.74) is 1.29. The van der Waals surface area contributed by atoms with E-state index in [9.17, 15) is 9.59 Å². The highest BCUT2D eigenvalue weighted by atomic mass is 79.9. The number of unbranched alkanes of at least 4 members (excludes halogenated alkanes) is 3. The van der Waals surface area contributed by atoms with Gasteiger partial charge in [-0.15, -0.1) is 0 Å². The SMILES string of the molecule is CCCCCCOc1ccc(C2c3c(oc4ccc(Br)cc4c3=O)C(=O)N2C)cc1OC. The molecule has 0 aliphatic carbocycles. The van der Waals surface area contributed by atoms with E-state index in [1.165, 1.54) is 17.7 Å². The van der Waals surface area contributed by atoms with E-state index in [-0.39, 0.29) is 17.1 Å². The second-order valence-electron chi connectivity index (χ2n) is 7.95. The van der Waals surface area contributed by atoms with E-state index < -0.39 is 6.04 Å². The number of hydrogen-bond acceptors (Lipinski definition) is 5. The molecule has 1 amide bonds. The van der Waals surface area contributed by atoms with Gasteiger partial charge in [0.05, 0.1) is 30.7 Å². The van der Waals surface area contributed by atoms with Crippen LogP contribution in [-0.4, -0.2) is 31.6 Å². The quantitative estimate of drug-likeness (QED) is 0.372. The van der Waals surface area contributed by atoms with E-state index in [2.05, 4.69) is 22.9 Å². The number of rotatable bonds is 8. The smallest absolute Gasteiger partial charge is 0.290 e. The third kappa shape index (κ3) is 4.01. The lowest BCUT2D eigenvalue weighted by Gasteiger charge is -2.21. The molecule has 0 N–H and O–H groups in total. The Bertz CT molecular complexity index is 1220. The number of hydrogen-bond donors (Lipinski definition) is 0. The minimum Gasteiger partial charge on any atom is -0.493 e. The molecule has 1 atom stereocenters. The van der Waals surface area contributed by atoms with Crippen LogP contribution in [0.25, 0.3) is 11.0 Å². The first-order valence-corrected chi connectivity index (χ1v) is 11.6. The standard InChI is InChI=1S/C25H26BrNO5/c1-4-5-6-7-12-31-19-10-8-15(13-20(19)30-3)22-21-23(28)17-14-16(26)9-11-18(17)32-24(21)25(29)27(22)2/h8-11,13-14,22H,4-7,12H2,1-3H3. The number of amides is 1. The van der Waals surface area contributed by atoms with Crippen molar-refractivity contribution in [2.75, 3.05) is 20.8 Å². The van der Waals surface area contributed by atoms with Crippen LogP contribution in [0.15, 0.2) is 50.1 Å². The Kier molecular flexibility index (Phi) is 6.55. The number of fused-ring (bicyclic) bond motifs is 2. The molecule has 0 radical (unpaired) electrons. The third-order valence-electron chi connectivity index (χ3n) is 5.82. The van der Waals surface area contributed by atoms with Crippen LogP contribution in [0.2, 0.25) is 0 Å². The first-order chi connectivity index (χ1) is 15.5. The van der Waals surface area contributed by atoms with Crippen LogP contribution in [0, 0.1) is 0 Å². The lowest BCUT2D eigenvalue weighted by atomic mass is 9.98. The van der Waals surface area contributed by atoms with E-state index in [1.54, 1.807) is 32.4 Å². The van der Waals surface area contributed by atoms with Crippen LogP contribution in [0.1, 0.15) is 60.3 Å². The van der Waals surface area contributed by atoms with Crippen molar-refractivity contribution in [3.63, 3.8) is 0 Å². The molecule has 168 valence electrons. The molecule has 3 aromatic rings. The lowest BCUT2D eigenvalue weighted by molar-refractivity contribution is 0.0771. The Labute approximate surface area is 195 Å². The summed E-state index contributed by atoms with van der Waals surface area (Å²) in [7, 11) is 3.26. The largest absolute Gasteiger partial charge is 0.493 e. The second-order valence-corrected chi connectivity index (χ2v) is 8.87. The highest BCUT2D eigenvalue weighted by molar-refractivity contribution is 9.10. The fraction of sp³-hybridized carbons (Fsp3) is 0.360. The summed E-state index contributed by atoms with van der Waals surface area (Å²) in [4.78, 5) is 27.8. The van der Waals surface area contributed by atoms with Gasteiger partial charge in [-0.05, 0) is 42.3 Å². The molecule has 6 nitrogen and oxygen atoms in total. The van der Waals surface area contributed by atoms with Gasteiger partial charge in [0.15, 0.2) is 16.9 Å². The fourth-order valence-electron chi connectivity index (χ4n) is 4.13. The van der Waals surface area contributed by atoms with Crippen molar-refractivity contribution in [2.45, 2.75) is 38.6 Å². The first kappa shape index (κ1) is 22.4. The van der Waals surface area contributed by atoms with E-state index in [1.807, 2.05) is 18.2 Å². The van der Waals surface area contributed by atoms with E-state index >= 15 is 0 Å².